The second kappa shape index (κ2) is 9.64. The monoisotopic (exact) mass is 347 g/mol. The van der Waals surface area contributed by atoms with Crippen molar-refractivity contribution in [1.82, 2.24) is 5.32 Å². The molecule has 0 fully saturated rings. The SMILES string of the molecule is Cc1ccc(CSCCNC(=O)CCc2ccc(Cl)cc2)cc1. The minimum absolute atomic E-state index is 0.107. The number of carbonyl (C=O) groups excluding carboxylic acids is 1. The van der Waals surface area contributed by atoms with E-state index in [1.165, 1.54) is 11.1 Å². The highest BCUT2D eigenvalue weighted by Gasteiger charge is 2.02. The smallest absolute Gasteiger partial charge is 0.220 e. The van der Waals surface area contributed by atoms with Crippen molar-refractivity contribution in [3.8, 4) is 0 Å². The third kappa shape index (κ3) is 7.10. The maximum atomic E-state index is 11.8. The molecule has 0 spiro atoms. The molecule has 0 saturated heterocycles. The molecule has 2 aromatic carbocycles. The Morgan fingerprint density at radius 2 is 1.70 bits per heavy atom. The summed E-state index contributed by atoms with van der Waals surface area (Å²) < 4.78 is 0. The number of benzene rings is 2. The first kappa shape index (κ1) is 17.9. The molecule has 1 amide bonds. The fraction of sp³-hybridized carbons (Fsp3) is 0.316. The fourth-order valence-corrected chi connectivity index (χ4v) is 3.08. The van der Waals surface area contributed by atoms with E-state index in [0.717, 1.165) is 35.1 Å². The van der Waals surface area contributed by atoms with Gasteiger partial charge in [0.05, 0.1) is 0 Å². The summed E-state index contributed by atoms with van der Waals surface area (Å²) in [4.78, 5) is 11.8. The van der Waals surface area contributed by atoms with E-state index in [0.29, 0.717) is 6.42 Å². The normalized spacial score (nSPS) is 10.5. The molecule has 23 heavy (non-hydrogen) atoms. The summed E-state index contributed by atoms with van der Waals surface area (Å²) in [5.74, 6) is 2.03. The molecule has 0 aliphatic rings. The zero-order valence-electron chi connectivity index (χ0n) is 13.3. The van der Waals surface area contributed by atoms with Gasteiger partial charge in [0.1, 0.15) is 0 Å². The third-order valence-electron chi connectivity index (χ3n) is 3.51. The van der Waals surface area contributed by atoms with Crippen LogP contribution in [-0.2, 0) is 17.0 Å². The molecule has 2 aromatic rings. The molecule has 0 aromatic heterocycles. The number of rotatable bonds is 8. The van der Waals surface area contributed by atoms with E-state index < -0.39 is 0 Å². The lowest BCUT2D eigenvalue weighted by Gasteiger charge is -2.06. The van der Waals surface area contributed by atoms with E-state index in [-0.39, 0.29) is 5.91 Å². The molecule has 0 heterocycles. The Bertz CT molecular complexity index is 610. The molecule has 0 aliphatic carbocycles. The summed E-state index contributed by atoms with van der Waals surface area (Å²) in [5, 5.41) is 3.70. The van der Waals surface area contributed by atoms with Gasteiger partial charge in [0.15, 0.2) is 0 Å². The van der Waals surface area contributed by atoms with Crippen LogP contribution in [0.2, 0.25) is 5.02 Å². The molecular formula is C19H22ClNOS. The van der Waals surface area contributed by atoms with Gasteiger partial charge in [0, 0.05) is 29.5 Å². The van der Waals surface area contributed by atoms with Gasteiger partial charge in [-0.1, -0.05) is 53.6 Å². The maximum Gasteiger partial charge on any atom is 0.220 e. The summed E-state index contributed by atoms with van der Waals surface area (Å²) in [6.45, 7) is 2.81. The highest BCUT2D eigenvalue weighted by molar-refractivity contribution is 7.98. The largest absolute Gasteiger partial charge is 0.355 e. The van der Waals surface area contributed by atoms with Gasteiger partial charge in [-0.2, -0.15) is 11.8 Å². The van der Waals surface area contributed by atoms with E-state index in [2.05, 4.69) is 36.5 Å². The molecule has 0 aliphatic heterocycles. The molecular weight excluding hydrogens is 326 g/mol. The van der Waals surface area contributed by atoms with Crippen molar-refractivity contribution >= 4 is 29.3 Å². The Morgan fingerprint density at radius 1 is 1.04 bits per heavy atom. The topological polar surface area (TPSA) is 29.1 Å². The molecule has 0 unspecified atom stereocenters. The summed E-state index contributed by atoms with van der Waals surface area (Å²) in [5.41, 5.74) is 3.75. The van der Waals surface area contributed by atoms with Crippen LogP contribution in [0.4, 0.5) is 0 Å². The van der Waals surface area contributed by atoms with Gasteiger partial charge in [-0.05, 0) is 36.6 Å². The second-order valence-corrected chi connectivity index (χ2v) is 7.06. The fourth-order valence-electron chi connectivity index (χ4n) is 2.13. The number of amides is 1. The summed E-state index contributed by atoms with van der Waals surface area (Å²) in [6, 6.07) is 16.2. The zero-order chi connectivity index (χ0) is 16.5. The molecule has 1 N–H and O–H groups in total. The van der Waals surface area contributed by atoms with Crippen molar-refractivity contribution < 1.29 is 4.79 Å². The molecule has 0 radical (unpaired) electrons. The van der Waals surface area contributed by atoms with E-state index in [4.69, 9.17) is 11.6 Å². The van der Waals surface area contributed by atoms with Gasteiger partial charge >= 0.3 is 0 Å². The number of thioether (sulfide) groups is 1. The van der Waals surface area contributed by atoms with Crippen LogP contribution in [0.3, 0.4) is 0 Å². The predicted molar refractivity (Wildman–Crippen MR) is 100 cm³/mol. The number of aryl methyl sites for hydroxylation is 2. The van der Waals surface area contributed by atoms with Gasteiger partial charge in [-0.3, -0.25) is 4.79 Å². The lowest BCUT2D eigenvalue weighted by atomic mass is 10.1. The number of hydrogen-bond acceptors (Lipinski definition) is 2. The maximum absolute atomic E-state index is 11.8. The zero-order valence-corrected chi connectivity index (χ0v) is 14.9. The molecule has 0 atom stereocenters. The average molecular weight is 348 g/mol. The minimum atomic E-state index is 0.107. The van der Waals surface area contributed by atoms with Crippen LogP contribution in [-0.4, -0.2) is 18.2 Å². The Labute approximate surface area is 147 Å². The number of nitrogens with one attached hydrogen (secondary N) is 1. The van der Waals surface area contributed by atoms with E-state index in [1.54, 1.807) is 0 Å². The van der Waals surface area contributed by atoms with Crippen LogP contribution < -0.4 is 5.32 Å². The standard InChI is InChI=1S/C19H22ClNOS/c1-15-2-4-17(5-3-15)14-23-13-12-21-19(22)11-8-16-6-9-18(20)10-7-16/h2-7,9-10H,8,11-14H2,1H3,(H,21,22). The van der Waals surface area contributed by atoms with Crippen LogP contribution in [0.1, 0.15) is 23.1 Å². The molecule has 4 heteroatoms. The number of hydrogen-bond donors (Lipinski definition) is 1. The van der Waals surface area contributed by atoms with Crippen LogP contribution in [0.5, 0.6) is 0 Å². The Morgan fingerprint density at radius 3 is 2.39 bits per heavy atom. The molecule has 0 bridgehead atoms. The first-order chi connectivity index (χ1) is 11.1. The first-order valence-corrected chi connectivity index (χ1v) is 9.31. The molecule has 2 nitrogen and oxygen atoms in total. The lowest BCUT2D eigenvalue weighted by molar-refractivity contribution is -0.120. The second-order valence-electron chi connectivity index (χ2n) is 5.51. The Hall–Kier alpha value is -1.45. The van der Waals surface area contributed by atoms with Crippen molar-refractivity contribution in [3.63, 3.8) is 0 Å². The number of halogens is 1. The van der Waals surface area contributed by atoms with Gasteiger partial charge < -0.3 is 5.32 Å². The van der Waals surface area contributed by atoms with Crippen LogP contribution in [0, 0.1) is 6.92 Å². The minimum Gasteiger partial charge on any atom is -0.355 e. The summed E-state index contributed by atoms with van der Waals surface area (Å²) in [7, 11) is 0. The van der Waals surface area contributed by atoms with Crippen LogP contribution in [0.25, 0.3) is 0 Å². The van der Waals surface area contributed by atoms with Crippen molar-refractivity contribution in [2.75, 3.05) is 12.3 Å². The first-order valence-electron chi connectivity index (χ1n) is 7.78. The van der Waals surface area contributed by atoms with Crippen molar-refractivity contribution in [1.29, 1.82) is 0 Å². The Kier molecular flexibility index (Phi) is 7.50. The van der Waals surface area contributed by atoms with Crippen LogP contribution in [0.15, 0.2) is 48.5 Å². The van der Waals surface area contributed by atoms with Gasteiger partial charge in [0.25, 0.3) is 0 Å². The molecule has 122 valence electrons. The predicted octanol–water partition coefficient (Wildman–Crippen LogP) is 4.63. The van der Waals surface area contributed by atoms with E-state index in [9.17, 15) is 4.79 Å². The van der Waals surface area contributed by atoms with Gasteiger partial charge in [0.2, 0.25) is 5.91 Å². The van der Waals surface area contributed by atoms with E-state index in [1.807, 2.05) is 36.0 Å². The molecule has 0 saturated carbocycles. The number of carbonyl (C=O) groups is 1. The Balaban J connectivity index is 1.56. The van der Waals surface area contributed by atoms with Gasteiger partial charge in [-0.25, -0.2) is 0 Å². The quantitative estimate of drug-likeness (QED) is 0.705. The summed E-state index contributed by atoms with van der Waals surface area (Å²) in [6.07, 6.45) is 1.27. The van der Waals surface area contributed by atoms with Crippen molar-refractivity contribution in [2.45, 2.75) is 25.5 Å². The average Bonchev–Trinajstić information content (AvgIpc) is 2.56. The van der Waals surface area contributed by atoms with Crippen LogP contribution >= 0.6 is 23.4 Å². The lowest BCUT2D eigenvalue weighted by Crippen LogP contribution is -2.25. The summed E-state index contributed by atoms with van der Waals surface area (Å²) >= 11 is 7.68. The van der Waals surface area contributed by atoms with Crippen molar-refractivity contribution in [2.24, 2.45) is 0 Å². The highest BCUT2D eigenvalue weighted by Crippen LogP contribution is 2.13. The van der Waals surface area contributed by atoms with Gasteiger partial charge in [-0.15, -0.1) is 0 Å². The highest BCUT2D eigenvalue weighted by atomic mass is 35.5. The molecule has 2 rings (SSSR count). The van der Waals surface area contributed by atoms with E-state index >= 15 is 0 Å². The van der Waals surface area contributed by atoms with Crippen molar-refractivity contribution in [3.05, 3.63) is 70.2 Å². The third-order valence-corrected chi connectivity index (χ3v) is 4.79.